The Hall–Kier alpha value is -0.520. The zero-order valence-electron chi connectivity index (χ0n) is 8.20. The Morgan fingerprint density at radius 3 is 2.54 bits per heavy atom. The monoisotopic (exact) mass is 179 g/mol. The van der Waals surface area contributed by atoms with Gasteiger partial charge in [0.25, 0.3) is 0 Å². The van der Waals surface area contributed by atoms with Crippen LogP contribution in [0.2, 0.25) is 0 Å². The van der Waals surface area contributed by atoms with Gasteiger partial charge in [-0.3, -0.25) is 4.90 Å². The van der Waals surface area contributed by atoms with Gasteiger partial charge in [-0.15, -0.1) is 12.3 Å². The molecule has 0 saturated carbocycles. The normalized spacial score (nSPS) is 39.8. The Labute approximate surface area is 80.2 Å². The molecule has 0 spiro atoms. The first-order valence-corrected chi connectivity index (χ1v) is 5.04. The van der Waals surface area contributed by atoms with Crippen LogP contribution in [0.5, 0.6) is 0 Å². The van der Waals surface area contributed by atoms with Crippen molar-refractivity contribution in [3.8, 4) is 12.3 Å². The molecule has 2 aliphatic heterocycles. The summed E-state index contributed by atoms with van der Waals surface area (Å²) in [6.07, 6.45) is 8.73. The lowest BCUT2D eigenvalue weighted by Gasteiger charge is -2.46. The van der Waals surface area contributed by atoms with E-state index < -0.39 is 0 Å². The smallest absolute Gasteiger partial charge is 0.0622 e. The maximum Gasteiger partial charge on any atom is 0.0622 e. The molecule has 0 aromatic rings. The highest BCUT2D eigenvalue weighted by Gasteiger charge is 2.36. The largest absolute Gasteiger partial charge is 0.378 e. The Morgan fingerprint density at radius 2 is 2.00 bits per heavy atom. The summed E-state index contributed by atoms with van der Waals surface area (Å²) < 4.78 is 5.54. The van der Waals surface area contributed by atoms with E-state index in [1.54, 1.807) is 0 Å². The van der Waals surface area contributed by atoms with Crippen LogP contribution in [0.4, 0.5) is 0 Å². The van der Waals surface area contributed by atoms with Crippen LogP contribution in [-0.2, 0) is 4.74 Å². The van der Waals surface area contributed by atoms with Crippen LogP contribution in [0, 0.1) is 18.3 Å². The number of hydrogen-bond donors (Lipinski definition) is 0. The fourth-order valence-corrected chi connectivity index (χ4v) is 2.54. The third kappa shape index (κ3) is 1.72. The van der Waals surface area contributed by atoms with Gasteiger partial charge in [-0.2, -0.15) is 0 Å². The van der Waals surface area contributed by atoms with E-state index in [1.807, 2.05) is 0 Å². The molecule has 72 valence electrons. The molecule has 2 bridgehead atoms. The summed E-state index contributed by atoms with van der Waals surface area (Å²) in [5.41, 5.74) is 0. The molecule has 2 atom stereocenters. The van der Waals surface area contributed by atoms with Crippen molar-refractivity contribution in [2.45, 2.75) is 31.3 Å². The number of morpholine rings is 1. The van der Waals surface area contributed by atoms with Gasteiger partial charge in [0.2, 0.25) is 0 Å². The predicted octanol–water partition coefficient (Wildman–Crippen LogP) is 1.12. The molecular formula is C11H17NO. The summed E-state index contributed by atoms with van der Waals surface area (Å²) in [4.78, 5) is 2.47. The van der Waals surface area contributed by atoms with Crippen molar-refractivity contribution in [3.63, 3.8) is 0 Å². The predicted molar refractivity (Wildman–Crippen MR) is 52.3 cm³/mol. The Balaban J connectivity index is 2.00. The maximum atomic E-state index is 5.54. The van der Waals surface area contributed by atoms with Gasteiger partial charge in [-0.25, -0.2) is 0 Å². The van der Waals surface area contributed by atoms with E-state index in [1.165, 1.54) is 12.8 Å². The minimum Gasteiger partial charge on any atom is -0.378 e. The first-order chi connectivity index (χ1) is 6.31. The van der Waals surface area contributed by atoms with Crippen LogP contribution in [0.25, 0.3) is 0 Å². The fourth-order valence-electron chi connectivity index (χ4n) is 2.54. The first kappa shape index (κ1) is 9.05. The van der Waals surface area contributed by atoms with Crippen molar-refractivity contribution in [2.24, 2.45) is 5.92 Å². The third-order valence-electron chi connectivity index (χ3n) is 3.39. The molecule has 0 aliphatic carbocycles. The van der Waals surface area contributed by atoms with E-state index in [4.69, 9.17) is 11.2 Å². The van der Waals surface area contributed by atoms with Crippen molar-refractivity contribution in [1.82, 2.24) is 4.90 Å². The molecule has 2 nitrogen and oxygen atoms in total. The summed E-state index contributed by atoms with van der Waals surface area (Å²) in [5.74, 6) is 3.52. The van der Waals surface area contributed by atoms with Crippen molar-refractivity contribution >= 4 is 0 Å². The maximum absolute atomic E-state index is 5.54. The summed E-state index contributed by atoms with van der Waals surface area (Å²) in [6.45, 7) is 1.79. The molecule has 2 aliphatic rings. The summed E-state index contributed by atoms with van der Waals surface area (Å²) in [5, 5.41) is 0. The second kappa shape index (κ2) is 3.69. The third-order valence-corrected chi connectivity index (χ3v) is 3.39. The van der Waals surface area contributed by atoms with Gasteiger partial charge >= 0.3 is 0 Å². The number of nitrogens with zero attached hydrogens (tertiary/aromatic N) is 1. The second-order valence-electron chi connectivity index (χ2n) is 4.26. The highest BCUT2D eigenvalue weighted by atomic mass is 16.5. The molecular weight excluding hydrogens is 162 g/mol. The molecule has 2 heterocycles. The Kier molecular flexibility index (Phi) is 2.57. The molecule has 13 heavy (non-hydrogen) atoms. The minimum absolute atomic E-state index is 0.617. The van der Waals surface area contributed by atoms with Crippen LogP contribution in [0.3, 0.4) is 0 Å². The number of fused-ring (bicyclic) bond motifs is 2. The van der Waals surface area contributed by atoms with Crippen molar-refractivity contribution in [3.05, 3.63) is 0 Å². The molecule has 0 aromatic heterocycles. The molecule has 2 heteroatoms. The van der Waals surface area contributed by atoms with E-state index >= 15 is 0 Å². The van der Waals surface area contributed by atoms with Crippen LogP contribution in [0.1, 0.15) is 19.3 Å². The number of likely N-dealkylation sites (N-methyl/N-ethyl adjacent to an activating group) is 1. The molecule has 2 fully saturated rings. The van der Waals surface area contributed by atoms with Gasteiger partial charge in [0.1, 0.15) is 0 Å². The van der Waals surface area contributed by atoms with Crippen molar-refractivity contribution in [2.75, 3.05) is 20.3 Å². The van der Waals surface area contributed by atoms with Gasteiger partial charge in [0, 0.05) is 18.5 Å². The molecule has 2 rings (SSSR count). The van der Waals surface area contributed by atoms with E-state index in [2.05, 4.69) is 17.9 Å². The highest BCUT2D eigenvalue weighted by molar-refractivity contribution is 4.95. The highest BCUT2D eigenvalue weighted by Crippen LogP contribution is 2.31. The van der Waals surface area contributed by atoms with Gasteiger partial charge < -0.3 is 4.74 Å². The van der Waals surface area contributed by atoms with Crippen LogP contribution in [0.15, 0.2) is 0 Å². The number of terminal acetylenes is 1. The minimum atomic E-state index is 0.617. The SMILES string of the molecule is C#CCC1CC2COCC(C1)N2C. The lowest BCUT2D eigenvalue weighted by atomic mass is 9.84. The topological polar surface area (TPSA) is 12.5 Å². The van der Waals surface area contributed by atoms with Gasteiger partial charge in [-0.05, 0) is 25.8 Å². The van der Waals surface area contributed by atoms with Crippen LogP contribution in [-0.4, -0.2) is 37.2 Å². The van der Waals surface area contributed by atoms with E-state index in [-0.39, 0.29) is 0 Å². The second-order valence-corrected chi connectivity index (χ2v) is 4.26. The van der Waals surface area contributed by atoms with E-state index in [0.717, 1.165) is 25.6 Å². The van der Waals surface area contributed by atoms with Crippen molar-refractivity contribution < 1.29 is 4.74 Å². The summed E-state index contributed by atoms with van der Waals surface area (Å²) >= 11 is 0. The van der Waals surface area contributed by atoms with E-state index in [0.29, 0.717) is 12.1 Å². The lowest BCUT2D eigenvalue weighted by Crippen LogP contribution is -2.54. The van der Waals surface area contributed by atoms with Crippen LogP contribution < -0.4 is 0 Å². The summed E-state index contributed by atoms with van der Waals surface area (Å²) in [7, 11) is 2.21. The molecule has 0 radical (unpaired) electrons. The quantitative estimate of drug-likeness (QED) is 0.559. The standard InChI is InChI=1S/C11H17NO/c1-3-4-9-5-10-7-13-8-11(6-9)12(10)2/h1,9-11H,4-8H2,2H3. The average Bonchev–Trinajstić information content (AvgIpc) is 2.07. The van der Waals surface area contributed by atoms with Gasteiger partial charge in [0.15, 0.2) is 0 Å². The molecule has 2 unspecified atom stereocenters. The van der Waals surface area contributed by atoms with Gasteiger partial charge in [0.05, 0.1) is 13.2 Å². The van der Waals surface area contributed by atoms with E-state index in [9.17, 15) is 0 Å². The molecule has 0 aromatic carbocycles. The summed E-state index contributed by atoms with van der Waals surface area (Å²) in [6, 6.07) is 1.23. The van der Waals surface area contributed by atoms with Crippen molar-refractivity contribution in [1.29, 1.82) is 0 Å². The Morgan fingerprint density at radius 1 is 1.38 bits per heavy atom. The number of hydrogen-bond acceptors (Lipinski definition) is 2. The van der Waals surface area contributed by atoms with Gasteiger partial charge in [-0.1, -0.05) is 0 Å². The molecule has 0 amide bonds. The molecule has 2 saturated heterocycles. The average molecular weight is 179 g/mol. The first-order valence-electron chi connectivity index (χ1n) is 5.04. The zero-order valence-corrected chi connectivity index (χ0v) is 8.20. The number of ether oxygens (including phenoxy) is 1. The number of piperidine rings is 1. The number of rotatable bonds is 1. The lowest BCUT2D eigenvalue weighted by molar-refractivity contribution is -0.0740. The van der Waals surface area contributed by atoms with Crippen LogP contribution >= 0.6 is 0 Å². The fraction of sp³-hybridized carbons (Fsp3) is 0.818. The Bertz CT molecular complexity index is 207. The zero-order chi connectivity index (χ0) is 9.26. The molecule has 0 N–H and O–H groups in total.